The lowest BCUT2D eigenvalue weighted by atomic mass is 10.3. The Balaban J connectivity index is 2.09. The molecule has 1 heterocycles. The molecule has 0 radical (unpaired) electrons. The van der Waals surface area contributed by atoms with Crippen LogP contribution in [0.3, 0.4) is 0 Å². The Morgan fingerprint density at radius 1 is 1.32 bits per heavy atom. The van der Waals surface area contributed by atoms with Crippen LogP contribution in [0.4, 0.5) is 14.5 Å². The number of carbonyl (C=O) groups excluding carboxylic acids is 1. The van der Waals surface area contributed by atoms with Crippen molar-refractivity contribution < 1.29 is 28.2 Å². The van der Waals surface area contributed by atoms with Gasteiger partial charge < -0.3 is 15.2 Å². The van der Waals surface area contributed by atoms with Crippen molar-refractivity contribution in [3.05, 3.63) is 42.2 Å². The van der Waals surface area contributed by atoms with Gasteiger partial charge in [-0.1, -0.05) is 12.1 Å². The Morgan fingerprint density at radius 3 is 2.73 bits per heavy atom. The number of amides is 1. The van der Waals surface area contributed by atoms with Gasteiger partial charge in [0.25, 0.3) is 0 Å². The fourth-order valence-electron chi connectivity index (χ4n) is 1.73. The molecule has 7 nitrogen and oxygen atoms in total. The Kier molecular flexibility index (Phi) is 4.66. The predicted octanol–water partition coefficient (Wildman–Crippen LogP) is 1.82. The second-order valence-electron chi connectivity index (χ2n) is 4.10. The van der Waals surface area contributed by atoms with E-state index in [9.17, 15) is 18.4 Å². The highest BCUT2D eigenvalue weighted by atomic mass is 19.3. The summed E-state index contributed by atoms with van der Waals surface area (Å²) >= 11 is 0. The fraction of sp³-hybridized carbons (Fsp3) is 0.154. The van der Waals surface area contributed by atoms with Gasteiger partial charge in [0.1, 0.15) is 18.0 Å². The van der Waals surface area contributed by atoms with Crippen molar-refractivity contribution >= 4 is 17.6 Å². The van der Waals surface area contributed by atoms with Gasteiger partial charge in [-0.2, -0.15) is 13.9 Å². The molecule has 0 bridgehead atoms. The van der Waals surface area contributed by atoms with Crippen molar-refractivity contribution in [1.82, 2.24) is 9.78 Å². The van der Waals surface area contributed by atoms with E-state index in [1.165, 1.54) is 36.5 Å². The smallest absolute Gasteiger partial charge is 0.387 e. The fourth-order valence-corrected chi connectivity index (χ4v) is 1.73. The third-order valence-electron chi connectivity index (χ3n) is 2.61. The van der Waals surface area contributed by atoms with Crippen molar-refractivity contribution in [2.75, 3.05) is 5.32 Å². The number of ether oxygens (including phenoxy) is 1. The van der Waals surface area contributed by atoms with Crippen LogP contribution >= 0.6 is 0 Å². The van der Waals surface area contributed by atoms with Crippen LogP contribution in [0.15, 0.2) is 36.5 Å². The number of hydrogen-bond donors (Lipinski definition) is 2. The zero-order valence-electron chi connectivity index (χ0n) is 11.1. The van der Waals surface area contributed by atoms with Crippen molar-refractivity contribution in [2.45, 2.75) is 13.2 Å². The van der Waals surface area contributed by atoms with Crippen molar-refractivity contribution in [1.29, 1.82) is 0 Å². The predicted molar refractivity (Wildman–Crippen MR) is 70.9 cm³/mol. The number of benzene rings is 1. The summed E-state index contributed by atoms with van der Waals surface area (Å²) in [5.74, 6) is -2.05. The zero-order valence-corrected chi connectivity index (χ0v) is 11.1. The molecule has 0 aliphatic rings. The van der Waals surface area contributed by atoms with E-state index in [1.54, 1.807) is 0 Å². The average Bonchev–Trinajstić information content (AvgIpc) is 2.88. The summed E-state index contributed by atoms with van der Waals surface area (Å²) in [6.45, 7) is -3.40. The van der Waals surface area contributed by atoms with E-state index in [2.05, 4.69) is 15.2 Å². The molecule has 1 aromatic carbocycles. The topological polar surface area (TPSA) is 93.5 Å². The van der Waals surface area contributed by atoms with Crippen molar-refractivity contribution in [2.24, 2.45) is 0 Å². The van der Waals surface area contributed by atoms with Gasteiger partial charge in [0, 0.05) is 6.20 Å². The molecule has 2 aromatic rings. The van der Waals surface area contributed by atoms with Gasteiger partial charge in [-0.05, 0) is 18.2 Å². The summed E-state index contributed by atoms with van der Waals surface area (Å²) < 4.78 is 29.8. The van der Waals surface area contributed by atoms with Crippen LogP contribution in [-0.2, 0) is 11.3 Å². The maximum Gasteiger partial charge on any atom is 0.387 e. The summed E-state index contributed by atoms with van der Waals surface area (Å²) in [5.41, 5.74) is -0.107. The van der Waals surface area contributed by atoms with E-state index in [0.717, 1.165) is 4.68 Å². The molecule has 2 rings (SSSR count). The normalized spacial score (nSPS) is 10.5. The van der Waals surface area contributed by atoms with Gasteiger partial charge >= 0.3 is 12.6 Å². The van der Waals surface area contributed by atoms with E-state index in [1.807, 2.05) is 0 Å². The maximum atomic E-state index is 12.3. The van der Waals surface area contributed by atoms with Gasteiger partial charge in [-0.3, -0.25) is 4.79 Å². The molecule has 0 fully saturated rings. The molecule has 0 aliphatic heterocycles. The highest BCUT2D eigenvalue weighted by molar-refractivity contribution is 5.93. The van der Waals surface area contributed by atoms with E-state index in [4.69, 9.17) is 5.11 Å². The first-order chi connectivity index (χ1) is 10.5. The van der Waals surface area contributed by atoms with Crippen molar-refractivity contribution in [3.8, 4) is 5.75 Å². The van der Waals surface area contributed by atoms with Gasteiger partial charge in [-0.15, -0.1) is 0 Å². The van der Waals surface area contributed by atoms with Gasteiger partial charge in [0.15, 0.2) is 0 Å². The van der Waals surface area contributed by atoms with Gasteiger partial charge in [0.2, 0.25) is 5.91 Å². The number of carbonyl (C=O) groups is 2. The second kappa shape index (κ2) is 6.66. The highest BCUT2D eigenvalue weighted by Gasteiger charge is 2.15. The number of anilines is 1. The SMILES string of the molecule is O=C(Cn1nccc1C(=O)O)Nc1ccccc1OC(F)F. The molecule has 0 spiro atoms. The molecule has 0 saturated heterocycles. The summed E-state index contributed by atoms with van der Waals surface area (Å²) in [7, 11) is 0. The number of hydrogen-bond acceptors (Lipinski definition) is 4. The van der Waals surface area contributed by atoms with Crippen molar-refractivity contribution in [3.63, 3.8) is 0 Å². The maximum absolute atomic E-state index is 12.3. The molecule has 0 saturated carbocycles. The summed E-state index contributed by atoms with van der Waals surface area (Å²) in [6, 6.07) is 6.91. The van der Waals surface area contributed by atoms with Crippen LogP contribution in [0.25, 0.3) is 0 Å². The first kappa shape index (κ1) is 15.4. The Labute approximate surface area is 123 Å². The minimum Gasteiger partial charge on any atom is -0.477 e. The molecule has 0 aliphatic carbocycles. The van der Waals surface area contributed by atoms with Crippen LogP contribution in [0.5, 0.6) is 5.75 Å². The lowest BCUT2D eigenvalue weighted by Crippen LogP contribution is -2.22. The van der Waals surface area contributed by atoms with E-state index in [0.29, 0.717) is 0 Å². The number of carboxylic acids is 1. The molecule has 0 unspecified atom stereocenters. The van der Waals surface area contributed by atoms with E-state index >= 15 is 0 Å². The number of carboxylic acid groups (broad SMARTS) is 1. The molecule has 1 amide bonds. The first-order valence-electron chi connectivity index (χ1n) is 6.06. The quantitative estimate of drug-likeness (QED) is 0.849. The largest absolute Gasteiger partial charge is 0.477 e. The number of aromatic carboxylic acids is 1. The van der Waals surface area contributed by atoms with E-state index < -0.39 is 18.5 Å². The van der Waals surface area contributed by atoms with Gasteiger partial charge in [0.05, 0.1) is 5.69 Å². The number of alkyl halides is 2. The standard InChI is InChI=1S/C13H11F2N3O4/c14-13(15)22-10-4-2-1-3-8(10)17-11(19)7-18-9(12(20)21)5-6-16-18/h1-6,13H,7H2,(H,17,19)(H,20,21). The molecule has 2 N–H and O–H groups in total. The zero-order chi connectivity index (χ0) is 16.1. The third-order valence-corrected chi connectivity index (χ3v) is 2.61. The Bertz CT molecular complexity index is 687. The van der Waals surface area contributed by atoms with Crippen LogP contribution in [0.2, 0.25) is 0 Å². The molecular weight excluding hydrogens is 300 g/mol. The number of para-hydroxylation sites is 2. The van der Waals surface area contributed by atoms with Gasteiger partial charge in [-0.25, -0.2) is 9.48 Å². The minimum atomic E-state index is -3.03. The van der Waals surface area contributed by atoms with Crippen LogP contribution in [-0.4, -0.2) is 33.4 Å². The number of nitrogens with zero attached hydrogens (tertiary/aromatic N) is 2. The van der Waals surface area contributed by atoms with Crippen LogP contribution in [0.1, 0.15) is 10.5 Å². The summed E-state index contributed by atoms with van der Waals surface area (Å²) in [6.07, 6.45) is 1.24. The first-order valence-corrected chi connectivity index (χ1v) is 6.06. The molecule has 1 aromatic heterocycles. The average molecular weight is 311 g/mol. The molecule has 9 heteroatoms. The van der Waals surface area contributed by atoms with Crippen LogP contribution < -0.4 is 10.1 Å². The molecular formula is C13H11F2N3O4. The van der Waals surface area contributed by atoms with Crippen LogP contribution in [0, 0.1) is 0 Å². The summed E-state index contributed by atoms with van der Waals surface area (Å²) in [4.78, 5) is 22.8. The minimum absolute atomic E-state index is 0.0526. The van der Waals surface area contributed by atoms with E-state index in [-0.39, 0.29) is 23.7 Å². The lowest BCUT2D eigenvalue weighted by molar-refractivity contribution is -0.117. The molecule has 116 valence electrons. The Hall–Kier alpha value is -2.97. The summed E-state index contributed by atoms with van der Waals surface area (Å²) in [5, 5.41) is 15.0. The number of halogens is 2. The molecule has 0 atom stereocenters. The number of rotatable bonds is 6. The number of aromatic nitrogens is 2. The second-order valence-corrected chi connectivity index (χ2v) is 4.10. The monoisotopic (exact) mass is 311 g/mol. The third kappa shape index (κ3) is 3.78. The highest BCUT2D eigenvalue weighted by Crippen LogP contribution is 2.25. The lowest BCUT2D eigenvalue weighted by Gasteiger charge is -2.12. The Morgan fingerprint density at radius 2 is 2.05 bits per heavy atom. The number of nitrogens with one attached hydrogen (secondary N) is 1. The molecule has 22 heavy (non-hydrogen) atoms.